The summed E-state index contributed by atoms with van der Waals surface area (Å²) in [5, 5.41) is 0.482. The predicted octanol–water partition coefficient (Wildman–Crippen LogP) is 4.27. The summed E-state index contributed by atoms with van der Waals surface area (Å²) < 4.78 is 7.40. The minimum Gasteiger partial charge on any atom is -0.454 e. The van der Waals surface area contributed by atoms with Crippen molar-refractivity contribution in [2.24, 2.45) is 0 Å². The van der Waals surface area contributed by atoms with Gasteiger partial charge in [0.1, 0.15) is 5.82 Å². The maximum Gasteiger partial charge on any atom is 0.338 e. The minimum atomic E-state index is -0.628. The fraction of sp³-hybridized carbons (Fsp3) is 0.333. The second-order valence-electron chi connectivity index (χ2n) is 6.98. The molecule has 1 aliphatic rings. The van der Waals surface area contributed by atoms with Gasteiger partial charge in [0.15, 0.2) is 6.61 Å². The minimum absolute atomic E-state index is 0.0726. The van der Waals surface area contributed by atoms with Gasteiger partial charge in [-0.25, -0.2) is 9.78 Å². The Kier molecular flexibility index (Phi) is 5.78. The van der Waals surface area contributed by atoms with Gasteiger partial charge in [0.05, 0.1) is 25.7 Å². The Morgan fingerprint density at radius 2 is 1.97 bits per heavy atom. The number of hydrogen-bond donors (Lipinski definition) is 0. The van der Waals surface area contributed by atoms with E-state index in [0.717, 1.165) is 49.3 Å². The lowest BCUT2D eigenvalue weighted by Crippen LogP contribution is -2.26. The molecule has 0 saturated carbocycles. The fourth-order valence-corrected chi connectivity index (χ4v) is 4.44. The van der Waals surface area contributed by atoms with Crippen molar-refractivity contribution >= 4 is 45.6 Å². The van der Waals surface area contributed by atoms with Crippen molar-refractivity contribution in [3.8, 4) is 0 Å². The van der Waals surface area contributed by atoms with Gasteiger partial charge in [0.2, 0.25) is 5.78 Å². The highest BCUT2D eigenvalue weighted by atomic mass is 35.5. The van der Waals surface area contributed by atoms with Crippen LogP contribution in [-0.4, -0.2) is 27.9 Å². The molecule has 3 heterocycles. The molecule has 0 N–H and O–H groups in total. The number of rotatable bonds is 4. The van der Waals surface area contributed by atoms with E-state index in [1.807, 2.05) is 0 Å². The number of thiophene rings is 1. The van der Waals surface area contributed by atoms with Crippen LogP contribution in [-0.2, 0) is 17.7 Å². The molecule has 3 aromatic rings. The normalized spacial score (nSPS) is 14.1. The van der Waals surface area contributed by atoms with Crippen LogP contribution in [0.15, 0.2) is 35.1 Å². The number of fused-ring (bicyclic) bond motifs is 2. The fourth-order valence-electron chi connectivity index (χ4n) is 3.47. The van der Waals surface area contributed by atoms with Crippen LogP contribution >= 0.6 is 22.9 Å². The molecule has 0 fully saturated rings. The van der Waals surface area contributed by atoms with Crippen LogP contribution < -0.4 is 5.56 Å². The molecule has 4 rings (SSSR count). The van der Waals surface area contributed by atoms with E-state index < -0.39 is 5.97 Å². The van der Waals surface area contributed by atoms with Crippen molar-refractivity contribution in [1.82, 2.24) is 9.55 Å². The molecule has 1 aromatic carbocycles. The quantitative estimate of drug-likeness (QED) is 0.456. The number of aryl methyl sites for hydroxylation is 1. The van der Waals surface area contributed by atoms with Crippen molar-refractivity contribution in [1.29, 1.82) is 0 Å². The first-order valence-corrected chi connectivity index (χ1v) is 10.7. The predicted molar refractivity (Wildman–Crippen MR) is 112 cm³/mol. The molecule has 0 unspecified atom stereocenters. The summed E-state index contributed by atoms with van der Waals surface area (Å²) in [6.45, 7) is 0.309. The van der Waals surface area contributed by atoms with Gasteiger partial charge in [-0.05, 0) is 43.2 Å². The lowest BCUT2D eigenvalue weighted by Gasteiger charge is -2.16. The molecule has 8 heteroatoms. The van der Waals surface area contributed by atoms with E-state index in [1.165, 1.54) is 6.07 Å². The van der Waals surface area contributed by atoms with Gasteiger partial charge in [0, 0.05) is 13.0 Å². The van der Waals surface area contributed by atoms with E-state index in [-0.39, 0.29) is 23.5 Å². The van der Waals surface area contributed by atoms with Crippen molar-refractivity contribution in [2.45, 2.75) is 38.6 Å². The lowest BCUT2D eigenvalue weighted by atomic mass is 10.1. The maximum atomic E-state index is 12.8. The summed E-state index contributed by atoms with van der Waals surface area (Å²) in [5.41, 5.74) is 0.668. The zero-order valence-electron chi connectivity index (χ0n) is 15.7. The summed E-state index contributed by atoms with van der Waals surface area (Å²) in [5.74, 6) is -0.178. The van der Waals surface area contributed by atoms with Gasteiger partial charge < -0.3 is 4.74 Å². The number of ether oxygens (including phenoxy) is 1. The average Bonchev–Trinajstić information content (AvgIpc) is 3.13. The molecule has 0 radical (unpaired) electrons. The van der Waals surface area contributed by atoms with Crippen molar-refractivity contribution in [3.05, 3.63) is 61.3 Å². The number of nitrogens with zero attached hydrogens (tertiary/aromatic N) is 2. The Morgan fingerprint density at radius 3 is 2.76 bits per heavy atom. The molecule has 2 aromatic heterocycles. The van der Waals surface area contributed by atoms with Gasteiger partial charge >= 0.3 is 5.97 Å². The van der Waals surface area contributed by atoms with Crippen molar-refractivity contribution in [3.63, 3.8) is 0 Å². The molecule has 1 aliphatic heterocycles. The Morgan fingerprint density at radius 1 is 1.14 bits per heavy atom. The summed E-state index contributed by atoms with van der Waals surface area (Å²) >= 11 is 6.97. The van der Waals surface area contributed by atoms with Crippen LogP contribution in [0.4, 0.5) is 0 Å². The molecule has 6 nitrogen and oxygen atoms in total. The van der Waals surface area contributed by atoms with Gasteiger partial charge in [-0.3, -0.25) is 14.2 Å². The first-order chi connectivity index (χ1) is 14.0. The first kappa shape index (κ1) is 19.8. The zero-order valence-corrected chi connectivity index (χ0v) is 17.2. The number of aromatic nitrogens is 2. The monoisotopic (exact) mass is 430 g/mol. The second kappa shape index (κ2) is 8.47. The SMILES string of the molecule is O=C(OCC(=O)c1ccc(Cl)s1)c1ccc2c(=O)n3c(nc2c1)CCCCCC3. The highest BCUT2D eigenvalue weighted by molar-refractivity contribution is 7.18. The lowest BCUT2D eigenvalue weighted by molar-refractivity contribution is 0.0476. The summed E-state index contributed by atoms with van der Waals surface area (Å²) in [6.07, 6.45) is 4.95. The Bertz CT molecular complexity index is 1150. The second-order valence-corrected chi connectivity index (χ2v) is 8.70. The number of Topliss-reactive ketones (excluding diaryl/α,β-unsaturated/α-hetero) is 1. The molecule has 0 amide bonds. The number of hydrogen-bond acceptors (Lipinski definition) is 6. The molecular weight excluding hydrogens is 412 g/mol. The first-order valence-electron chi connectivity index (χ1n) is 9.52. The number of benzene rings is 1. The third kappa shape index (κ3) is 4.26. The number of carbonyl (C=O) groups is 2. The van der Waals surface area contributed by atoms with Crippen LogP contribution in [0.1, 0.15) is 51.5 Å². The maximum absolute atomic E-state index is 12.8. The van der Waals surface area contributed by atoms with Gasteiger partial charge in [-0.1, -0.05) is 24.4 Å². The van der Waals surface area contributed by atoms with Crippen LogP contribution in [0.5, 0.6) is 0 Å². The van der Waals surface area contributed by atoms with Crippen LogP contribution in [0, 0.1) is 0 Å². The van der Waals surface area contributed by atoms with E-state index >= 15 is 0 Å². The summed E-state index contributed by atoms with van der Waals surface area (Å²) in [7, 11) is 0. The highest BCUT2D eigenvalue weighted by Gasteiger charge is 2.17. The number of esters is 1. The largest absolute Gasteiger partial charge is 0.454 e. The third-order valence-corrected chi connectivity index (χ3v) is 6.26. The van der Waals surface area contributed by atoms with Crippen LogP contribution in [0.25, 0.3) is 10.9 Å². The van der Waals surface area contributed by atoms with E-state index in [2.05, 4.69) is 4.98 Å². The molecule has 0 spiro atoms. The molecule has 0 aliphatic carbocycles. The van der Waals surface area contributed by atoms with Crippen molar-refractivity contribution in [2.75, 3.05) is 6.61 Å². The van der Waals surface area contributed by atoms with E-state index in [0.29, 0.717) is 26.7 Å². The summed E-state index contributed by atoms with van der Waals surface area (Å²) in [6, 6.07) is 7.93. The third-order valence-electron chi connectivity index (χ3n) is 4.98. The smallest absolute Gasteiger partial charge is 0.338 e. The average molecular weight is 431 g/mol. The highest BCUT2D eigenvalue weighted by Crippen LogP contribution is 2.22. The van der Waals surface area contributed by atoms with Gasteiger partial charge in [-0.2, -0.15) is 0 Å². The van der Waals surface area contributed by atoms with E-state index in [9.17, 15) is 14.4 Å². The van der Waals surface area contributed by atoms with Gasteiger partial charge in [-0.15, -0.1) is 11.3 Å². The van der Waals surface area contributed by atoms with Gasteiger partial charge in [0.25, 0.3) is 5.56 Å². The summed E-state index contributed by atoms with van der Waals surface area (Å²) in [4.78, 5) is 42.4. The van der Waals surface area contributed by atoms with Crippen LogP contribution in [0.2, 0.25) is 4.34 Å². The Hall–Kier alpha value is -2.51. The van der Waals surface area contributed by atoms with Crippen LogP contribution in [0.3, 0.4) is 0 Å². The standard InChI is InChI=1S/C21H19ClN2O4S/c22-18-9-8-17(29-18)16(25)12-28-21(27)13-6-7-14-15(11-13)23-19-5-3-1-2-4-10-24(19)20(14)26/h6-9,11H,1-5,10,12H2. The molecule has 0 atom stereocenters. The molecular formula is C21H19ClN2O4S. The van der Waals surface area contributed by atoms with E-state index in [1.54, 1.807) is 28.8 Å². The molecule has 29 heavy (non-hydrogen) atoms. The molecule has 150 valence electrons. The Labute approximate surface area is 176 Å². The molecule has 0 saturated heterocycles. The van der Waals surface area contributed by atoms with E-state index in [4.69, 9.17) is 16.3 Å². The number of ketones is 1. The van der Waals surface area contributed by atoms with Crippen molar-refractivity contribution < 1.29 is 14.3 Å². The number of carbonyl (C=O) groups excluding carboxylic acids is 2. The zero-order chi connectivity index (χ0) is 20.4. The number of halogens is 1. The Balaban J connectivity index is 1.56. The topological polar surface area (TPSA) is 78.3 Å². The molecule has 0 bridgehead atoms.